The van der Waals surface area contributed by atoms with E-state index < -0.39 is 0 Å². The standard InChI is InChI=1S/C19H27N3O4/c1-2-24-17-6-4-3-5-16(17)20-18(23)22-13-15(14-22)21-9-7-19(8-10-21)25-11-12-26-19/h3-6,15H,2,7-14H2,1H3,(H,20,23). The molecular formula is C19H27N3O4. The van der Waals surface area contributed by atoms with Crippen molar-refractivity contribution in [2.75, 3.05) is 51.3 Å². The zero-order chi connectivity index (χ0) is 18.0. The van der Waals surface area contributed by atoms with Crippen molar-refractivity contribution in [2.24, 2.45) is 0 Å². The second-order valence-electron chi connectivity index (χ2n) is 7.06. The number of carbonyl (C=O) groups excluding carboxylic acids is 1. The average Bonchev–Trinajstić information content (AvgIpc) is 3.06. The van der Waals surface area contributed by atoms with Gasteiger partial charge in [-0.2, -0.15) is 0 Å². The van der Waals surface area contributed by atoms with Gasteiger partial charge in [0.25, 0.3) is 0 Å². The first-order chi connectivity index (χ1) is 12.7. The molecule has 7 heteroatoms. The summed E-state index contributed by atoms with van der Waals surface area (Å²) in [4.78, 5) is 16.8. The predicted molar refractivity (Wildman–Crippen MR) is 97.4 cm³/mol. The summed E-state index contributed by atoms with van der Waals surface area (Å²) in [6.07, 6.45) is 1.83. The lowest BCUT2D eigenvalue weighted by atomic mass is 9.99. The fourth-order valence-electron chi connectivity index (χ4n) is 3.91. The first kappa shape index (κ1) is 17.6. The number of ether oxygens (including phenoxy) is 3. The van der Waals surface area contributed by atoms with Gasteiger partial charge in [0.1, 0.15) is 5.75 Å². The van der Waals surface area contributed by atoms with E-state index in [1.165, 1.54) is 0 Å². The van der Waals surface area contributed by atoms with Crippen molar-refractivity contribution in [1.29, 1.82) is 0 Å². The van der Waals surface area contributed by atoms with Gasteiger partial charge in [0.15, 0.2) is 5.79 Å². The lowest BCUT2D eigenvalue weighted by Crippen LogP contribution is -2.64. The largest absolute Gasteiger partial charge is 0.492 e. The van der Waals surface area contributed by atoms with Gasteiger partial charge in [0, 0.05) is 45.1 Å². The van der Waals surface area contributed by atoms with Gasteiger partial charge in [-0.25, -0.2) is 4.79 Å². The van der Waals surface area contributed by atoms with Crippen LogP contribution in [-0.2, 0) is 9.47 Å². The monoisotopic (exact) mass is 361 g/mol. The predicted octanol–water partition coefficient (Wildman–Crippen LogP) is 2.14. The van der Waals surface area contributed by atoms with Crippen molar-refractivity contribution in [3.8, 4) is 5.75 Å². The van der Waals surface area contributed by atoms with Gasteiger partial charge >= 0.3 is 6.03 Å². The van der Waals surface area contributed by atoms with Crippen LogP contribution in [0.3, 0.4) is 0 Å². The molecule has 1 aromatic rings. The number of anilines is 1. The molecule has 0 radical (unpaired) electrons. The van der Waals surface area contributed by atoms with Crippen molar-refractivity contribution in [3.63, 3.8) is 0 Å². The number of nitrogens with one attached hydrogen (secondary N) is 1. The minimum Gasteiger partial charge on any atom is -0.492 e. The lowest BCUT2D eigenvalue weighted by molar-refractivity contribution is -0.190. The third kappa shape index (κ3) is 3.51. The van der Waals surface area contributed by atoms with Gasteiger partial charge in [0.05, 0.1) is 25.5 Å². The summed E-state index contributed by atoms with van der Waals surface area (Å²) in [5, 5.41) is 2.96. The Hall–Kier alpha value is -1.83. The topological polar surface area (TPSA) is 63.3 Å². The Morgan fingerprint density at radius 1 is 1.23 bits per heavy atom. The van der Waals surface area contributed by atoms with Crippen molar-refractivity contribution in [1.82, 2.24) is 9.80 Å². The first-order valence-electron chi connectivity index (χ1n) is 9.49. The minimum atomic E-state index is -0.333. The van der Waals surface area contributed by atoms with Gasteiger partial charge < -0.3 is 24.4 Å². The Labute approximate surface area is 154 Å². The molecule has 3 aliphatic heterocycles. The van der Waals surface area contributed by atoms with Crippen molar-refractivity contribution < 1.29 is 19.0 Å². The highest BCUT2D eigenvalue weighted by atomic mass is 16.7. The minimum absolute atomic E-state index is 0.0654. The molecule has 1 N–H and O–H groups in total. The summed E-state index contributed by atoms with van der Waals surface area (Å²) in [6.45, 7) is 7.38. The second-order valence-corrected chi connectivity index (χ2v) is 7.06. The van der Waals surface area contributed by atoms with Crippen LogP contribution < -0.4 is 10.1 Å². The summed E-state index contributed by atoms with van der Waals surface area (Å²) < 4.78 is 17.1. The Bertz CT molecular complexity index is 631. The third-order valence-electron chi connectivity index (χ3n) is 5.47. The SMILES string of the molecule is CCOc1ccccc1NC(=O)N1CC(N2CCC3(CC2)OCCO3)C1. The molecule has 0 unspecified atom stereocenters. The smallest absolute Gasteiger partial charge is 0.322 e. The van der Waals surface area contributed by atoms with E-state index in [-0.39, 0.29) is 11.8 Å². The molecule has 3 fully saturated rings. The van der Waals surface area contributed by atoms with E-state index >= 15 is 0 Å². The highest BCUT2D eigenvalue weighted by Gasteiger charge is 2.43. The quantitative estimate of drug-likeness (QED) is 0.890. The highest BCUT2D eigenvalue weighted by Crippen LogP contribution is 2.33. The Kier molecular flexibility index (Phi) is 5.02. The fourth-order valence-corrected chi connectivity index (χ4v) is 3.91. The summed E-state index contributed by atoms with van der Waals surface area (Å²) in [6, 6.07) is 7.90. The van der Waals surface area contributed by atoms with E-state index in [2.05, 4.69) is 10.2 Å². The molecule has 26 heavy (non-hydrogen) atoms. The molecule has 142 valence electrons. The van der Waals surface area contributed by atoms with E-state index in [4.69, 9.17) is 14.2 Å². The molecule has 4 rings (SSSR count). The molecule has 0 atom stereocenters. The Morgan fingerprint density at radius 3 is 2.62 bits per heavy atom. The third-order valence-corrected chi connectivity index (χ3v) is 5.47. The summed E-state index contributed by atoms with van der Waals surface area (Å²) in [7, 11) is 0. The molecular weight excluding hydrogens is 334 g/mol. The van der Waals surface area contributed by atoms with Crippen LogP contribution in [-0.4, -0.2) is 73.7 Å². The van der Waals surface area contributed by atoms with E-state index in [1.54, 1.807) is 0 Å². The molecule has 0 saturated carbocycles. The first-order valence-corrected chi connectivity index (χ1v) is 9.49. The molecule has 2 amide bonds. The number of rotatable bonds is 4. The van der Waals surface area contributed by atoms with Crippen molar-refractivity contribution in [3.05, 3.63) is 24.3 Å². The van der Waals surface area contributed by atoms with E-state index in [9.17, 15) is 4.79 Å². The second kappa shape index (κ2) is 7.42. The maximum absolute atomic E-state index is 12.5. The van der Waals surface area contributed by atoms with E-state index in [0.717, 1.165) is 44.7 Å². The van der Waals surface area contributed by atoms with Crippen LogP contribution in [0.15, 0.2) is 24.3 Å². The number of benzene rings is 1. The lowest BCUT2D eigenvalue weighted by Gasteiger charge is -2.48. The molecule has 0 aliphatic carbocycles. The fraction of sp³-hybridized carbons (Fsp3) is 0.632. The van der Waals surface area contributed by atoms with Gasteiger partial charge in [-0.3, -0.25) is 4.90 Å². The maximum atomic E-state index is 12.5. The molecule has 3 saturated heterocycles. The van der Waals surface area contributed by atoms with E-state index in [0.29, 0.717) is 31.6 Å². The molecule has 0 bridgehead atoms. The van der Waals surface area contributed by atoms with Crippen LogP contribution in [0.2, 0.25) is 0 Å². The highest BCUT2D eigenvalue weighted by molar-refractivity contribution is 5.91. The average molecular weight is 361 g/mol. The molecule has 0 aromatic heterocycles. The maximum Gasteiger partial charge on any atom is 0.322 e. The Morgan fingerprint density at radius 2 is 1.92 bits per heavy atom. The number of likely N-dealkylation sites (tertiary alicyclic amines) is 2. The summed E-state index contributed by atoms with van der Waals surface area (Å²) in [5.41, 5.74) is 0.721. The van der Waals surface area contributed by atoms with Gasteiger partial charge in [-0.05, 0) is 19.1 Å². The molecule has 3 aliphatic rings. The van der Waals surface area contributed by atoms with Crippen LogP contribution in [0.4, 0.5) is 10.5 Å². The number of urea groups is 1. The number of hydrogen-bond donors (Lipinski definition) is 1. The van der Waals surface area contributed by atoms with Gasteiger partial charge in [0.2, 0.25) is 0 Å². The number of nitrogens with zero attached hydrogens (tertiary/aromatic N) is 2. The number of piperidine rings is 1. The van der Waals surface area contributed by atoms with Crippen LogP contribution in [0.25, 0.3) is 0 Å². The van der Waals surface area contributed by atoms with Crippen molar-refractivity contribution >= 4 is 11.7 Å². The number of amides is 2. The summed E-state index contributed by atoms with van der Waals surface area (Å²) >= 11 is 0. The van der Waals surface area contributed by atoms with Crippen LogP contribution in [0, 0.1) is 0 Å². The van der Waals surface area contributed by atoms with Gasteiger partial charge in [-0.1, -0.05) is 12.1 Å². The zero-order valence-corrected chi connectivity index (χ0v) is 15.3. The van der Waals surface area contributed by atoms with Crippen LogP contribution >= 0.6 is 0 Å². The number of hydrogen-bond acceptors (Lipinski definition) is 5. The van der Waals surface area contributed by atoms with Gasteiger partial charge in [-0.15, -0.1) is 0 Å². The zero-order valence-electron chi connectivity index (χ0n) is 15.3. The molecule has 3 heterocycles. The normalized spacial score (nSPS) is 23.0. The number of para-hydroxylation sites is 2. The van der Waals surface area contributed by atoms with Crippen molar-refractivity contribution in [2.45, 2.75) is 31.6 Å². The molecule has 7 nitrogen and oxygen atoms in total. The summed E-state index contributed by atoms with van der Waals surface area (Å²) in [5.74, 6) is 0.374. The molecule has 1 spiro atoms. The van der Waals surface area contributed by atoms with Crippen LogP contribution in [0.1, 0.15) is 19.8 Å². The van der Waals surface area contributed by atoms with Crippen LogP contribution in [0.5, 0.6) is 5.75 Å². The Balaban J connectivity index is 1.25. The molecule has 1 aromatic carbocycles. The van der Waals surface area contributed by atoms with E-state index in [1.807, 2.05) is 36.1 Å². The number of carbonyl (C=O) groups is 1.